The van der Waals surface area contributed by atoms with E-state index in [4.69, 9.17) is 9.57 Å². The molecule has 1 unspecified atom stereocenters. The molecule has 0 aliphatic heterocycles. The highest BCUT2D eigenvalue weighted by Crippen LogP contribution is 2.32. The molecule has 0 bridgehead atoms. The topological polar surface area (TPSA) is 30.5 Å². The summed E-state index contributed by atoms with van der Waals surface area (Å²) in [6.07, 6.45) is 2.62. The second-order valence-electron chi connectivity index (χ2n) is 4.22. The van der Waals surface area contributed by atoms with Crippen LogP contribution in [-0.4, -0.2) is 26.4 Å². The maximum absolute atomic E-state index is 5.38. The van der Waals surface area contributed by atoms with Gasteiger partial charge < -0.3 is 9.57 Å². The van der Waals surface area contributed by atoms with Crippen molar-refractivity contribution >= 4 is 0 Å². The molecule has 3 nitrogen and oxygen atoms in total. The van der Waals surface area contributed by atoms with Crippen molar-refractivity contribution in [3.8, 4) is 0 Å². The smallest absolute Gasteiger partial charge is 0.0705 e. The van der Waals surface area contributed by atoms with Gasteiger partial charge in [-0.1, -0.05) is 13.8 Å². The first-order chi connectivity index (χ1) is 6.24. The highest BCUT2D eigenvalue weighted by atomic mass is 16.6. The van der Waals surface area contributed by atoms with Gasteiger partial charge in [-0.2, -0.15) is 5.48 Å². The van der Waals surface area contributed by atoms with Crippen LogP contribution in [0.2, 0.25) is 0 Å². The fourth-order valence-corrected chi connectivity index (χ4v) is 1.27. The Balaban J connectivity index is 2.07. The molecular formula is C10H21NO2. The van der Waals surface area contributed by atoms with Gasteiger partial charge in [0.25, 0.3) is 0 Å². The Labute approximate surface area is 80.7 Å². The number of methoxy groups -OCH3 is 1. The number of rotatable bonds is 7. The monoisotopic (exact) mass is 187 g/mol. The van der Waals surface area contributed by atoms with Crippen molar-refractivity contribution in [3.05, 3.63) is 0 Å². The lowest BCUT2D eigenvalue weighted by Crippen LogP contribution is -2.36. The van der Waals surface area contributed by atoms with Crippen LogP contribution in [0.15, 0.2) is 0 Å². The van der Waals surface area contributed by atoms with Crippen LogP contribution in [-0.2, 0) is 9.57 Å². The molecule has 0 aromatic carbocycles. The molecule has 1 aliphatic rings. The highest BCUT2D eigenvalue weighted by Gasteiger charge is 2.31. The third-order valence-corrected chi connectivity index (χ3v) is 2.19. The zero-order valence-electron chi connectivity index (χ0n) is 8.88. The first kappa shape index (κ1) is 11.0. The summed E-state index contributed by atoms with van der Waals surface area (Å²) in [6.45, 7) is 5.81. The molecule has 78 valence electrons. The van der Waals surface area contributed by atoms with E-state index in [2.05, 4.69) is 19.3 Å². The number of nitrogens with one attached hydrogen (secondary N) is 1. The Bertz CT molecular complexity index is 135. The lowest BCUT2D eigenvalue weighted by molar-refractivity contribution is -0.0223. The molecule has 0 saturated heterocycles. The average Bonchev–Trinajstić information content (AvgIpc) is 2.84. The fraction of sp³-hybridized carbons (Fsp3) is 1.00. The minimum Gasteiger partial charge on any atom is -0.383 e. The predicted molar refractivity (Wildman–Crippen MR) is 52.3 cm³/mol. The quantitative estimate of drug-likeness (QED) is 0.614. The molecule has 1 aliphatic carbocycles. The van der Waals surface area contributed by atoms with Crippen LogP contribution >= 0.6 is 0 Å². The van der Waals surface area contributed by atoms with Gasteiger partial charge in [0, 0.05) is 7.11 Å². The van der Waals surface area contributed by atoms with Crippen molar-refractivity contribution in [1.29, 1.82) is 0 Å². The Hall–Kier alpha value is -0.120. The summed E-state index contributed by atoms with van der Waals surface area (Å²) >= 11 is 0. The molecule has 0 amide bonds. The Morgan fingerprint density at radius 3 is 2.46 bits per heavy atom. The van der Waals surface area contributed by atoms with E-state index >= 15 is 0 Å². The van der Waals surface area contributed by atoms with E-state index in [0.717, 1.165) is 19.1 Å². The molecule has 1 saturated carbocycles. The molecular weight excluding hydrogens is 166 g/mol. The van der Waals surface area contributed by atoms with Crippen LogP contribution < -0.4 is 5.48 Å². The Morgan fingerprint density at radius 2 is 2.00 bits per heavy atom. The molecule has 1 atom stereocenters. The van der Waals surface area contributed by atoms with Gasteiger partial charge in [0.05, 0.1) is 19.3 Å². The number of hydroxylamine groups is 1. The van der Waals surface area contributed by atoms with Gasteiger partial charge in [-0.3, -0.25) is 0 Å². The van der Waals surface area contributed by atoms with Gasteiger partial charge in [-0.05, 0) is 24.7 Å². The van der Waals surface area contributed by atoms with Crippen molar-refractivity contribution in [1.82, 2.24) is 5.48 Å². The molecule has 3 heteroatoms. The van der Waals surface area contributed by atoms with E-state index in [9.17, 15) is 0 Å². The third kappa shape index (κ3) is 4.60. The van der Waals surface area contributed by atoms with Gasteiger partial charge in [-0.15, -0.1) is 0 Å². The molecule has 1 rings (SSSR count). The summed E-state index contributed by atoms with van der Waals surface area (Å²) in [4.78, 5) is 5.38. The normalized spacial score (nSPS) is 19.4. The summed E-state index contributed by atoms with van der Waals surface area (Å²) in [5.74, 6) is 1.35. The van der Waals surface area contributed by atoms with Gasteiger partial charge in [0.1, 0.15) is 0 Å². The minimum atomic E-state index is 0.392. The van der Waals surface area contributed by atoms with Gasteiger partial charge in [-0.25, -0.2) is 0 Å². The van der Waals surface area contributed by atoms with Gasteiger partial charge in [0.2, 0.25) is 0 Å². The van der Waals surface area contributed by atoms with Crippen molar-refractivity contribution in [3.63, 3.8) is 0 Å². The molecule has 1 N–H and O–H groups in total. The third-order valence-electron chi connectivity index (χ3n) is 2.19. The van der Waals surface area contributed by atoms with E-state index in [-0.39, 0.29) is 0 Å². The number of hydrogen-bond acceptors (Lipinski definition) is 3. The summed E-state index contributed by atoms with van der Waals surface area (Å²) in [5.41, 5.74) is 3.09. The van der Waals surface area contributed by atoms with Crippen LogP contribution in [0.3, 0.4) is 0 Å². The van der Waals surface area contributed by atoms with E-state index < -0.39 is 0 Å². The Kier molecular flexibility index (Phi) is 4.70. The average molecular weight is 187 g/mol. The summed E-state index contributed by atoms with van der Waals surface area (Å²) in [5, 5.41) is 0. The summed E-state index contributed by atoms with van der Waals surface area (Å²) in [6, 6.07) is 0.392. The molecule has 13 heavy (non-hydrogen) atoms. The Morgan fingerprint density at radius 1 is 1.31 bits per heavy atom. The number of ether oxygens (including phenoxy) is 1. The maximum atomic E-state index is 5.38. The van der Waals surface area contributed by atoms with Gasteiger partial charge >= 0.3 is 0 Å². The lowest BCUT2D eigenvalue weighted by atomic mass is 10.2. The summed E-state index contributed by atoms with van der Waals surface area (Å²) in [7, 11) is 1.74. The highest BCUT2D eigenvalue weighted by molar-refractivity contribution is 4.84. The van der Waals surface area contributed by atoms with Crippen LogP contribution in [0.25, 0.3) is 0 Å². The van der Waals surface area contributed by atoms with E-state index in [1.165, 1.54) is 12.8 Å². The largest absolute Gasteiger partial charge is 0.383 e. The van der Waals surface area contributed by atoms with Crippen molar-refractivity contribution in [2.24, 2.45) is 11.8 Å². The van der Waals surface area contributed by atoms with Crippen LogP contribution in [0.5, 0.6) is 0 Å². The maximum Gasteiger partial charge on any atom is 0.0705 e. The van der Waals surface area contributed by atoms with Gasteiger partial charge in [0.15, 0.2) is 0 Å². The minimum absolute atomic E-state index is 0.392. The van der Waals surface area contributed by atoms with E-state index in [0.29, 0.717) is 12.0 Å². The van der Waals surface area contributed by atoms with E-state index in [1.807, 2.05) is 0 Å². The van der Waals surface area contributed by atoms with Crippen molar-refractivity contribution < 1.29 is 9.57 Å². The SMILES string of the molecule is COCC(NOCC(C)C)C1CC1. The van der Waals surface area contributed by atoms with Crippen molar-refractivity contribution in [2.75, 3.05) is 20.3 Å². The molecule has 0 aromatic heterocycles. The first-order valence-electron chi connectivity index (χ1n) is 5.10. The number of hydrogen-bond donors (Lipinski definition) is 1. The molecule has 1 fully saturated rings. The second kappa shape index (κ2) is 5.58. The van der Waals surface area contributed by atoms with Crippen LogP contribution in [0.1, 0.15) is 26.7 Å². The second-order valence-corrected chi connectivity index (χ2v) is 4.22. The molecule has 0 spiro atoms. The van der Waals surface area contributed by atoms with Crippen LogP contribution in [0, 0.1) is 11.8 Å². The van der Waals surface area contributed by atoms with Crippen LogP contribution in [0.4, 0.5) is 0 Å². The first-order valence-corrected chi connectivity index (χ1v) is 5.10. The molecule has 0 aromatic rings. The lowest BCUT2D eigenvalue weighted by Gasteiger charge is -2.17. The zero-order chi connectivity index (χ0) is 9.68. The zero-order valence-corrected chi connectivity index (χ0v) is 8.88. The predicted octanol–water partition coefficient (Wildman–Crippen LogP) is 1.59. The molecule has 0 heterocycles. The summed E-state index contributed by atoms with van der Waals surface area (Å²) < 4.78 is 5.12. The standard InChI is InChI=1S/C10H21NO2/c1-8(2)6-13-11-10(7-12-3)9-4-5-9/h8-11H,4-7H2,1-3H3. The van der Waals surface area contributed by atoms with E-state index in [1.54, 1.807) is 7.11 Å². The van der Waals surface area contributed by atoms with Crippen molar-refractivity contribution in [2.45, 2.75) is 32.7 Å². The molecule has 0 radical (unpaired) electrons. The fourth-order valence-electron chi connectivity index (χ4n) is 1.27.